The van der Waals surface area contributed by atoms with Crippen LogP contribution < -0.4 is 0 Å². The molecule has 2 aromatic carbocycles. The molecule has 0 saturated heterocycles. The fourth-order valence-corrected chi connectivity index (χ4v) is 2.11. The monoisotopic (exact) mass is 264 g/mol. The first kappa shape index (κ1) is 12.2. The van der Waals surface area contributed by atoms with Crippen molar-refractivity contribution in [2.24, 2.45) is 0 Å². The molecule has 0 fully saturated rings. The third-order valence-corrected chi connectivity index (χ3v) is 3.07. The lowest BCUT2D eigenvalue weighted by atomic mass is 10.0. The van der Waals surface area contributed by atoms with E-state index in [4.69, 9.17) is 0 Å². The Morgan fingerprint density at radius 2 is 1.70 bits per heavy atom. The zero-order valence-corrected chi connectivity index (χ0v) is 10.6. The van der Waals surface area contributed by atoms with Gasteiger partial charge in [0.05, 0.1) is 17.4 Å². The molecule has 0 aliphatic carbocycles. The molecule has 0 saturated carbocycles. The van der Waals surface area contributed by atoms with Gasteiger partial charge in [0.25, 0.3) is 0 Å². The van der Waals surface area contributed by atoms with E-state index in [0.717, 1.165) is 11.3 Å². The molecule has 3 rings (SSSR count). The minimum Gasteiger partial charge on any atom is -0.478 e. The molecule has 0 bridgehead atoms. The first-order chi connectivity index (χ1) is 9.75. The van der Waals surface area contributed by atoms with Crippen LogP contribution in [0.5, 0.6) is 0 Å². The van der Waals surface area contributed by atoms with Gasteiger partial charge in [-0.2, -0.15) is 5.10 Å². The number of nitrogens with zero attached hydrogens (tertiary/aromatic N) is 2. The van der Waals surface area contributed by atoms with Crippen LogP contribution in [0.25, 0.3) is 16.8 Å². The number of benzene rings is 2. The first-order valence-electron chi connectivity index (χ1n) is 6.18. The van der Waals surface area contributed by atoms with Crippen LogP contribution in [0.15, 0.2) is 67.0 Å². The van der Waals surface area contributed by atoms with Crippen LogP contribution in [0.2, 0.25) is 0 Å². The molecule has 3 aromatic rings. The molecule has 0 unspecified atom stereocenters. The Morgan fingerprint density at radius 3 is 2.45 bits per heavy atom. The summed E-state index contributed by atoms with van der Waals surface area (Å²) in [6.07, 6.45) is 3.51. The van der Waals surface area contributed by atoms with Crippen LogP contribution in [-0.2, 0) is 0 Å². The smallest absolute Gasteiger partial charge is 0.336 e. The predicted molar refractivity (Wildman–Crippen MR) is 76.0 cm³/mol. The standard InChI is InChI=1S/C16H12N2O2/c19-16(20)15-9-5-4-8-14(15)12-10-17-18(11-12)13-6-2-1-3-7-13/h1-11H,(H,19,20). The molecule has 0 spiro atoms. The Hall–Kier alpha value is -2.88. The van der Waals surface area contributed by atoms with Crippen molar-refractivity contribution in [3.63, 3.8) is 0 Å². The molecule has 0 aliphatic rings. The maximum absolute atomic E-state index is 11.2. The van der Waals surface area contributed by atoms with E-state index in [-0.39, 0.29) is 5.56 Å². The molecule has 4 nitrogen and oxygen atoms in total. The highest BCUT2D eigenvalue weighted by atomic mass is 16.4. The summed E-state index contributed by atoms with van der Waals surface area (Å²) in [6, 6.07) is 16.6. The molecule has 20 heavy (non-hydrogen) atoms. The fourth-order valence-electron chi connectivity index (χ4n) is 2.11. The van der Waals surface area contributed by atoms with Crippen LogP contribution in [0.1, 0.15) is 10.4 Å². The van der Waals surface area contributed by atoms with Gasteiger partial charge in [0.2, 0.25) is 0 Å². The van der Waals surface area contributed by atoms with Gasteiger partial charge >= 0.3 is 5.97 Å². The lowest BCUT2D eigenvalue weighted by Crippen LogP contribution is -1.98. The maximum Gasteiger partial charge on any atom is 0.336 e. The maximum atomic E-state index is 11.2. The third-order valence-electron chi connectivity index (χ3n) is 3.07. The van der Waals surface area contributed by atoms with E-state index in [1.807, 2.05) is 42.6 Å². The van der Waals surface area contributed by atoms with Gasteiger partial charge in [-0.25, -0.2) is 9.48 Å². The predicted octanol–water partition coefficient (Wildman–Crippen LogP) is 3.24. The fraction of sp³-hybridized carbons (Fsp3) is 0. The molecule has 0 amide bonds. The van der Waals surface area contributed by atoms with Gasteiger partial charge in [-0.1, -0.05) is 36.4 Å². The van der Waals surface area contributed by atoms with Crippen molar-refractivity contribution < 1.29 is 9.90 Å². The number of carbonyl (C=O) groups is 1. The molecule has 1 aromatic heterocycles. The second kappa shape index (κ2) is 5.01. The zero-order valence-electron chi connectivity index (χ0n) is 10.6. The van der Waals surface area contributed by atoms with E-state index in [1.54, 1.807) is 29.1 Å². The van der Waals surface area contributed by atoms with Crippen molar-refractivity contribution >= 4 is 5.97 Å². The zero-order chi connectivity index (χ0) is 13.9. The largest absolute Gasteiger partial charge is 0.478 e. The number of para-hydroxylation sites is 1. The van der Waals surface area contributed by atoms with Crippen LogP contribution in [0.3, 0.4) is 0 Å². The number of carboxylic acid groups (broad SMARTS) is 1. The summed E-state index contributed by atoms with van der Waals surface area (Å²) >= 11 is 0. The molecule has 98 valence electrons. The van der Waals surface area contributed by atoms with Gasteiger partial charge in [0.1, 0.15) is 0 Å². The number of carboxylic acids is 1. The lowest BCUT2D eigenvalue weighted by molar-refractivity contribution is 0.0697. The summed E-state index contributed by atoms with van der Waals surface area (Å²) in [5, 5.41) is 13.5. The summed E-state index contributed by atoms with van der Waals surface area (Å²) in [6.45, 7) is 0. The molecule has 1 N–H and O–H groups in total. The minimum absolute atomic E-state index is 0.278. The topological polar surface area (TPSA) is 55.1 Å². The highest BCUT2D eigenvalue weighted by Gasteiger charge is 2.12. The van der Waals surface area contributed by atoms with Gasteiger partial charge in [0.15, 0.2) is 0 Å². The van der Waals surface area contributed by atoms with Gasteiger partial charge < -0.3 is 5.11 Å². The second-order valence-corrected chi connectivity index (χ2v) is 4.36. The summed E-state index contributed by atoms with van der Waals surface area (Å²) in [4.78, 5) is 11.2. The van der Waals surface area contributed by atoms with Gasteiger partial charge in [-0.05, 0) is 23.8 Å². The van der Waals surface area contributed by atoms with Crippen LogP contribution in [-0.4, -0.2) is 20.9 Å². The van der Waals surface area contributed by atoms with E-state index in [0.29, 0.717) is 5.56 Å². The van der Waals surface area contributed by atoms with Crippen molar-refractivity contribution in [1.29, 1.82) is 0 Å². The van der Waals surface area contributed by atoms with Crippen LogP contribution in [0, 0.1) is 0 Å². The normalized spacial score (nSPS) is 10.4. The van der Waals surface area contributed by atoms with Crippen LogP contribution in [0.4, 0.5) is 0 Å². The Morgan fingerprint density at radius 1 is 1.00 bits per heavy atom. The highest BCUT2D eigenvalue weighted by molar-refractivity contribution is 5.95. The second-order valence-electron chi connectivity index (χ2n) is 4.36. The van der Waals surface area contributed by atoms with Gasteiger partial charge in [-0.15, -0.1) is 0 Å². The van der Waals surface area contributed by atoms with E-state index in [9.17, 15) is 9.90 Å². The Balaban J connectivity index is 2.05. The summed E-state index contributed by atoms with van der Waals surface area (Å²) in [5.41, 5.74) is 2.67. The highest BCUT2D eigenvalue weighted by Crippen LogP contribution is 2.24. The van der Waals surface area contributed by atoms with E-state index in [2.05, 4.69) is 5.10 Å². The molecule has 0 atom stereocenters. The van der Waals surface area contributed by atoms with Crippen molar-refractivity contribution in [3.8, 4) is 16.8 Å². The number of rotatable bonds is 3. The SMILES string of the molecule is O=C(O)c1ccccc1-c1cnn(-c2ccccc2)c1. The molecule has 1 heterocycles. The van der Waals surface area contributed by atoms with Crippen molar-refractivity contribution in [2.45, 2.75) is 0 Å². The van der Waals surface area contributed by atoms with Gasteiger partial charge in [-0.3, -0.25) is 0 Å². The Kier molecular flexibility index (Phi) is 3.05. The molecule has 0 radical (unpaired) electrons. The average molecular weight is 264 g/mol. The van der Waals surface area contributed by atoms with E-state index < -0.39 is 5.97 Å². The average Bonchev–Trinajstić information content (AvgIpc) is 2.98. The van der Waals surface area contributed by atoms with Crippen molar-refractivity contribution in [2.75, 3.05) is 0 Å². The van der Waals surface area contributed by atoms with E-state index in [1.165, 1.54) is 0 Å². The first-order valence-corrected chi connectivity index (χ1v) is 6.18. The number of hydrogen-bond donors (Lipinski definition) is 1. The van der Waals surface area contributed by atoms with Crippen molar-refractivity contribution in [3.05, 3.63) is 72.6 Å². The minimum atomic E-state index is -0.937. The van der Waals surface area contributed by atoms with Gasteiger partial charge in [0, 0.05) is 11.8 Å². The summed E-state index contributed by atoms with van der Waals surface area (Å²) in [7, 11) is 0. The van der Waals surface area contributed by atoms with Crippen molar-refractivity contribution in [1.82, 2.24) is 9.78 Å². The quantitative estimate of drug-likeness (QED) is 0.790. The number of aromatic carboxylic acids is 1. The molecule has 0 aliphatic heterocycles. The summed E-state index contributed by atoms with van der Waals surface area (Å²) < 4.78 is 1.73. The Labute approximate surface area is 115 Å². The molecular weight excluding hydrogens is 252 g/mol. The molecule has 4 heteroatoms. The summed E-state index contributed by atoms with van der Waals surface area (Å²) in [5.74, 6) is -0.937. The lowest BCUT2D eigenvalue weighted by Gasteiger charge is -2.03. The Bertz CT molecular complexity index is 748. The third kappa shape index (κ3) is 2.19. The molecular formula is C16H12N2O2. The van der Waals surface area contributed by atoms with E-state index >= 15 is 0 Å². The van der Waals surface area contributed by atoms with Crippen LogP contribution >= 0.6 is 0 Å². The number of hydrogen-bond acceptors (Lipinski definition) is 2. The number of aromatic nitrogens is 2.